The molecule has 0 saturated heterocycles. The third-order valence-electron chi connectivity index (χ3n) is 5.22. The Hall–Kier alpha value is -3.28. The number of aryl methyl sites for hydroxylation is 1. The lowest BCUT2D eigenvalue weighted by atomic mass is 9.99. The Morgan fingerprint density at radius 3 is 2.93 bits per heavy atom. The summed E-state index contributed by atoms with van der Waals surface area (Å²) in [7, 11) is 0. The van der Waals surface area contributed by atoms with Crippen LogP contribution < -0.4 is 5.32 Å². The summed E-state index contributed by atoms with van der Waals surface area (Å²) in [6.07, 6.45) is 9.66. The summed E-state index contributed by atoms with van der Waals surface area (Å²) in [5.74, 6) is 0.326. The Kier molecular flexibility index (Phi) is 5.51. The van der Waals surface area contributed by atoms with E-state index in [1.807, 2.05) is 12.1 Å². The van der Waals surface area contributed by atoms with Crippen LogP contribution in [0.15, 0.2) is 54.3 Å². The van der Waals surface area contributed by atoms with Gasteiger partial charge < -0.3 is 10.2 Å². The van der Waals surface area contributed by atoms with E-state index >= 15 is 0 Å². The number of aromatic nitrogens is 1. The second kappa shape index (κ2) is 8.39. The molecule has 2 aliphatic rings. The molecule has 2 aromatic rings. The molecule has 0 spiro atoms. The zero-order valence-electron chi connectivity index (χ0n) is 16.0. The first-order valence-corrected chi connectivity index (χ1v) is 9.75. The van der Waals surface area contributed by atoms with E-state index in [-0.39, 0.29) is 17.6 Å². The smallest absolute Gasteiger partial charge is 0.246 e. The van der Waals surface area contributed by atoms with Gasteiger partial charge in [0.25, 0.3) is 0 Å². The normalized spacial score (nSPS) is 16.4. The van der Waals surface area contributed by atoms with Crippen LogP contribution in [-0.4, -0.2) is 34.8 Å². The maximum Gasteiger partial charge on any atom is 0.246 e. The van der Waals surface area contributed by atoms with Crippen LogP contribution in [0.1, 0.15) is 29.5 Å². The van der Waals surface area contributed by atoms with Gasteiger partial charge in [0.15, 0.2) is 0 Å². The molecule has 5 nitrogen and oxygen atoms in total. The molecule has 0 unspecified atom stereocenters. The second-order valence-electron chi connectivity index (χ2n) is 7.36. The quantitative estimate of drug-likeness (QED) is 0.641. The first-order chi connectivity index (χ1) is 14.1. The van der Waals surface area contributed by atoms with Gasteiger partial charge in [-0.25, -0.2) is 9.37 Å². The number of pyridine rings is 1. The molecule has 3 heterocycles. The van der Waals surface area contributed by atoms with Crippen molar-refractivity contribution in [3.05, 3.63) is 76.8 Å². The first-order valence-electron chi connectivity index (χ1n) is 9.75. The van der Waals surface area contributed by atoms with Crippen LogP contribution in [0.25, 0.3) is 6.08 Å². The lowest BCUT2D eigenvalue weighted by Gasteiger charge is -2.25. The summed E-state index contributed by atoms with van der Waals surface area (Å²) in [5.41, 5.74) is 4.01. The Labute approximate surface area is 168 Å². The fourth-order valence-corrected chi connectivity index (χ4v) is 3.62. The molecule has 2 aliphatic heterocycles. The average molecular weight is 391 g/mol. The van der Waals surface area contributed by atoms with Crippen molar-refractivity contribution in [2.75, 3.05) is 18.4 Å². The fourth-order valence-electron chi connectivity index (χ4n) is 3.62. The first kappa shape index (κ1) is 19.1. The molecule has 4 rings (SSSR count). The topological polar surface area (TPSA) is 62.3 Å². The highest BCUT2D eigenvalue weighted by atomic mass is 19.1. The van der Waals surface area contributed by atoms with Crippen molar-refractivity contribution >= 4 is 23.7 Å². The van der Waals surface area contributed by atoms with Crippen molar-refractivity contribution in [1.29, 1.82) is 0 Å². The molecule has 0 saturated carbocycles. The number of anilines is 1. The summed E-state index contributed by atoms with van der Waals surface area (Å²) >= 11 is 0. The van der Waals surface area contributed by atoms with Crippen molar-refractivity contribution in [2.24, 2.45) is 0 Å². The number of rotatable bonds is 4. The largest absolute Gasteiger partial charge is 0.335 e. The van der Waals surface area contributed by atoms with Gasteiger partial charge in [-0.3, -0.25) is 9.59 Å². The molecule has 1 aromatic carbocycles. The highest BCUT2D eigenvalue weighted by Crippen LogP contribution is 2.22. The fraction of sp³-hybridized carbons (Fsp3) is 0.261. The summed E-state index contributed by atoms with van der Waals surface area (Å²) in [6.45, 7) is 1.21. The molecule has 0 aliphatic carbocycles. The van der Waals surface area contributed by atoms with Gasteiger partial charge in [-0.2, -0.15) is 0 Å². The van der Waals surface area contributed by atoms with Gasteiger partial charge in [0.05, 0.1) is 0 Å². The number of carbonyl (C=O) groups excluding carboxylic acids is 2. The molecular weight excluding hydrogens is 369 g/mol. The molecule has 0 bridgehead atoms. The minimum absolute atomic E-state index is 0.0154. The van der Waals surface area contributed by atoms with E-state index in [9.17, 15) is 14.0 Å². The molecule has 29 heavy (non-hydrogen) atoms. The van der Waals surface area contributed by atoms with E-state index in [0.717, 1.165) is 23.1 Å². The third-order valence-corrected chi connectivity index (χ3v) is 5.22. The number of benzene rings is 1. The number of hydrogen-bond donors (Lipinski definition) is 1. The molecule has 6 heteroatoms. The summed E-state index contributed by atoms with van der Waals surface area (Å²) in [6, 6.07) is 8.60. The van der Waals surface area contributed by atoms with Crippen molar-refractivity contribution in [3.63, 3.8) is 0 Å². The van der Waals surface area contributed by atoms with Crippen molar-refractivity contribution in [2.45, 2.75) is 25.7 Å². The Morgan fingerprint density at radius 1 is 1.24 bits per heavy atom. The predicted molar refractivity (Wildman–Crippen MR) is 110 cm³/mol. The number of halogens is 1. The molecule has 0 atom stereocenters. The highest BCUT2D eigenvalue weighted by molar-refractivity contribution is 5.94. The minimum Gasteiger partial charge on any atom is -0.335 e. The molecular formula is C23H22FN3O2. The summed E-state index contributed by atoms with van der Waals surface area (Å²) in [5, 5.41) is 2.75. The summed E-state index contributed by atoms with van der Waals surface area (Å²) < 4.78 is 13.3. The van der Waals surface area contributed by atoms with Gasteiger partial charge in [0.1, 0.15) is 11.6 Å². The average Bonchev–Trinajstić information content (AvgIpc) is 2.72. The van der Waals surface area contributed by atoms with Crippen LogP contribution in [0.4, 0.5) is 10.2 Å². The van der Waals surface area contributed by atoms with E-state index in [1.54, 1.807) is 35.4 Å². The Morgan fingerprint density at radius 2 is 2.14 bits per heavy atom. The van der Waals surface area contributed by atoms with E-state index in [4.69, 9.17) is 0 Å². The zero-order chi connectivity index (χ0) is 20.2. The van der Waals surface area contributed by atoms with Gasteiger partial charge in [0, 0.05) is 31.8 Å². The lowest BCUT2D eigenvalue weighted by molar-refractivity contribution is -0.125. The molecule has 148 valence electrons. The van der Waals surface area contributed by atoms with Crippen LogP contribution in [-0.2, 0) is 22.4 Å². The van der Waals surface area contributed by atoms with Crippen molar-refractivity contribution in [3.8, 4) is 0 Å². The van der Waals surface area contributed by atoms with Crippen LogP contribution in [0, 0.1) is 5.82 Å². The molecule has 0 fully saturated rings. The predicted octanol–water partition coefficient (Wildman–Crippen LogP) is 3.52. The van der Waals surface area contributed by atoms with Crippen LogP contribution >= 0.6 is 0 Å². The molecule has 1 N–H and O–H groups in total. The van der Waals surface area contributed by atoms with Gasteiger partial charge in [-0.05, 0) is 60.2 Å². The molecule has 2 amide bonds. The van der Waals surface area contributed by atoms with Crippen LogP contribution in [0.2, 0.25) is 0 Å². The van der Waals surface area contributed by atoms with Crippen molar-refractivity contribution in [1.82, 2.24) is 9.88 Å². The second-order valence-corrected chi connectivity index (χ2v) is 7.36. The van der Waals surface area contributed by atoms with Crippen LogP contribution in [0.3, 0.4) is 0 Å². The van der Waals surface area contributed by atoms with E-state index in [1.165, 1.54) is 11.6 Å². The maximum atomic E-state index is 13.3. The highest BCUT2D eigenvalue weighted by Gasteiger charge is 2.17. The lowest BCUT2D eigenvalue weighted by Crippen LogP contribution is -2.33. The number of amides is 2. The minimum atomic E-state index is -0.222. The third kappa shape index (κ3) is 4.77. The van der Waals surface area contributed by atoms with Crippen molar-refractivity contribution < 1.29 is 14.0 Å². The molecule has 1 aromatic heterocycles. The number of fused-ring (bicyclic) bond motifs is 1. The van der Waals surface area contributed by atoms with Gasteiger partial charge in [0.2, 0.25) is 11.8 Å². The standard InChI is InChI=1S/C23H22FN3O2/c24-20-3-1-2-17(14-20)12-16-8-10-27(11-9-16)22(29)7-4-18-13-19-5-6-21(28)26-23(19)25-15-18/h1-4,7-8,13-15H,5-6,9-12H2,(H,25,26,28). The monoisotopic (exact) mass is 391 g/mol. The Bertz CT molecular complexity index is 1010. The number of carbonyl (C=O) groups is 2. The zero-order valence-corrected chi connectivity index (χ0v) is 16.0. The van der Waals surface area contributed by atoms with Crippen LogP contribution in [0.5, 0.6) is 0 Å². The SMILES string of the molecule is O=C1CCc2cc(C=CC(=O)N3CC=C(Cc4cccc(F)c4)CC3)cnc2N1. The number of nitrogens with one attached hydrogen (secondary N) is 1. The summed E-state index contributed by atoms with van der Waals surface area (Å²) in [4.78, 5) is 30.0. The number of hydrogen-bond acceptors (Lipinski definition) is 3. The van der Waals surface area contributed by atoms with Gasteiger partial charge in [-0.15, -0.1) is 0 Å². The van der Waals surface area contributed by atoms with Gasteiger partial charge in [-0.1, -0.05) is 23.8 Å². The van der Waals surface area contributed by atoms with E-state index in [0.29, 0.717) is 38.2 Å². The van der Waals surface area contributed by atoms with E-state index < -0.39 is 0 Å². The molecule has 0 radical (unpaired) electrons. The van der Waals surface area contributed by atoms with E-state index in [2.05, 4.69) is 16.4 Å². The Balaban J connectivity index is 1.35. The van der Waals surface area contributed by atoms with Gasteiger partial charge >= 0.3 is 0 Å². The number of nitrogens with zero attached hydrogens (tertiary/aromatic N) is 2. The maximum absolute atomic E-state index is 13.3.